The maximum atomic E-state index is 11.8. The third-order valence-corrected chi connectivity index (χ3v) is 3.62. The van der Waals surface area contributed by atoms with Crippen molar-refractivity contribution < 1.29 is 19.1 Å². The molecule has 17 heavy (non-hydrogen) atoms. The first-order valence-corrected chi connectivity index (χ1v) is 6.09. The molecule has 5 nitrogen and oxygen atoms in total. The highest BCUT2D eigenvalue weighted by atomic mass is 16.6. The minimum absolute atomic E-state index is 0.133. The Balaban J connectivity index is 2.32. The normalized spacial score (nSPS) is 37.2. The van der Waals surface area contributed by atoms with E-state index < -0.39 is 5.54 Å². The number of carbonyl (C=O) groups excluding carboxylic acids is 2. The van der Waals surface area contributed by atoms with Gasteiger partial charge in [0.05, 0.1) is 12.0 Å². The van der Waals surface area contributed by atoms with Crippen LogP contribution in [0.5, 0.6) is 0 Å². The average Bonchev–Trinajstić information content (AvgIpc) is 2.46. The molecule has 0 bridgehead atoms. The standard InChI is InChI=1S/C12H19NO4/c1-5-16-8(6(2)3)12-9(17-11(12)15)7(4)10(14)13-12/h6-9H,5H2,1-4H3,(H,13,14)/t7-,8+,9+,12?/m1/s1. The van der Waals surface area contributed by atoms with Gasteiger partial charge in [0.25, 0.3) is 0 Å². The second-order valence-electron chi connectivity index (χ2n) is 5.09. The lowest BCUT2D eigenvalue weighted by Gasteiger charge is -2.48. The predicted molar refractivity (Wildman–Crippen MR) is 60.2 cm³/mol. The smallest absolute Gasteiger partial charge is 0.339 e. The second kappa shape index (κ2) is 3.98. The summed E-state index contributed by atoms with van der Waals surface area (Å²) < 4.78 is 10.8. The van der Waals surface area contributed by atoms with E-state index in [-0.39, 0.29) is 35.9 Å². The van der Waals surface area contributed by atoms with Gasteiger partial charge in [0.2, 0.25) is 11.4 Å². The molecule has 0 aliphatic carbocycles. The van der Waals surface area contributed by atoms with Gasteiger partial charge in [-0.2, -0.15) is 0 Å². The summed E-state index contributed by atoms with van der Waals surface area (Å²) in [6, 6.07) is 0. The number of carbonyl (C=O) groups is 2. The van der Waals surface area contributed by atoms with E-state index in [1.165, 1.54) is 0 Å². The summed E-state index contributed by atoms with van der Waals surface area (Å²) in [7, 11) is 0. The first-order chi connectivity index (χ1) is 7.95. The van der Waals surface area contributed by atoms with Gasteiger partial charge in [-0.3, -0.25) is 4.79 Å². The van der Waals surface area contributed by atoms with E-state index >= 15 is 0 Å². The molecule has 0 aromatic heterocycles. The summed E-state index contributed by atoms with van der Waals surface area (Å²) in [5.74, 6) is -0.663. The van der Waals surface area contributed by atoms with Gasteiger partial charge in [-0.05, 0) is 19.8 Å². The number of ether oxygens (including phenoxy) is 2. The Hall–Kier alpha value is -1.10. The Morgan fingerprint density at radius 1 is 1.47 bits per heavy atom. The average molecular weight is 241 g/mol. The molecule has 2 fully saturated rings. The van der Waals surface area contributed by atoms with Crippen LogP contribution in [0.15, 0.2) is 0 Å². The lowest BCUT2D eigenvalue weighted by atomic mass is 9.76. The molecular weight excluding hydrogens is 222 g/mol. The van der Waals surface area contributed by atoms with Gasteiger partial charge in [-0.15, -0.1) is 0 Å². The Morgan fingerprint density at radius 2 is 2.12 bits per heavy atom. The van der Waals surface area contributed by atoms with Crippen LogP contribution in [-0.2, 0) is 19.1 Å². The number of hydrogen-bond acceptors (Lipinski definition) is 4. The van der Waals surface area contributed by atoms with Crippen LogP contribution in [0.4, 0.5) is 0 Å². The number of hydrogen-bond donors (Lipinski definition) is 1. The van der Waals surface area contributed by atoms with Crippen molar-refractivity contribution in [2.75, 3.05) is 6.61 Å². The number of rotatable bonds is 4. The van der Waals surface area contributed by atoms with Crippen molar-refractivity contribution in [1.82, 2.24) is 5.32 Å². The summed E-state index contributed by atoms with van der Waals surface area (Å²) >= 11 is 0. The van der Waals surface area contributed by atoms with E-state index in [1.807, 2.05) is 20.8 Å². The Bertz CT molecular complexity index is 354. The van der Waals surface area contributed by atoms with Crippen molar-refractivity contribution in [3.8, 4) is 0 Å². The van der Waals surface area contributed by atoms with Gasteiger partial charge in [-0.1, -0.05) is 13.8 Å². The summed E-state index contributed by atoms with van der Waals surface area (Å²) in [5, 5.41) is 2.79. The Morgan fingerprint density at radius 3 is 2.53 bits per heavy atom. The van der Waals surface area contributed by atoms with E-state index in [0.29, 0.717) is 6.61 Å². The largest absolute Gasteiger partial charge is 0.456 e. The van der Waals surface area contributed by atoms with E-state index in [0.717, 1.165) is 0 Å². The fourth-order valence-corrected chi connectivity index (χ4v) is 2.82. The molecule has 2 rings (SSSR count). The van der Waals surface area contributed by atoms with E-state index in [1.54, 1.807) is 6.92 Å². The van der Waals surface area contributed by atoms with Crippen LogP contribution < -0.4 is 5.32 Å². The maximum Gasteiger partial charge on any atom is 0.339 e. The molecule has 96 valence electrons. The summed E-state index contributed by atoms with van der Waals surface area (Å²) in [6.45, 7) is 8.12. The minimum atomic E-state index is -0.958. The van der Waals surface area contributed by atoms with E-state index in [2.05, 4.69) is 5.32 Å². The fraction of sp³-hybridized carbons (Fsp3) is 0.833. The molecule has 2 aliphatic rings. The molecule has 1 N–H and O–H groups in total. The molecule has 1 amide bonds. The van der Waals surface area contributed by atoms with Crippen LogP contribution in [0, 0.1) is 11.8 Å². The summed E-state index contributed by atoms with van der Waals surface area (Å²) in [4.78, 5) is 23.5. The predicted octanol–water partition coefficient (Wildman–Crippen LogP) is 0.478. The van der Waals surface area contributed by atoms with Gasteiger partial charge in [-0.25, -0.2) is 4.79 Å². The van der Waals surface area contributed by atoms with Crippen molar-refractivity contribution in [1.29, 1.82) is 0 Å². The van der Waals surface area contributed by atoms with Crippen molar-refractivity contribution in [3.05, 3.63) is 0 Å². The quantitative estimate of drug-likeness (QED) is 0.727. The Kier molecular flexibility index (Phi) is 2.89. The topological polar surface area (TPSA) is 64.6 Å². The molecule has 0 radical (unpaired) electrons. The van der Waals surface area contributed by atoms with Crippen molar-refractivity contribution in [2.24, 2.45) is 11.8 Å². The maximum absolute atomic E-state index is 11.8. The van der Waals surface area contributed by atoms with Crippen molar-refractivity contribution in [3.63, 3.8) is 0 Å². The molecule has 5 heteroatoms. The fourth-order valence-electron chi connectivity index (χ4n) is 2.82. The zero-order valence-electron chi connectivity index (χ0n) is 10.6. The third kappa shape index (κ3) is 1.48. The van der Waals surface area contributed by atoms with Crippen LogP contribution in [0.25, 0.3) is 0 Å². The lowest BCUT2D eigenvalue weighted by Crippen LogP contribution is -2.74. The van der Waals surface area contributed by atoms with Gasteiger partial charge in [0, 0.05) is 6.61 Å². The SMILES string of the molecule is CCO[C@@H](C(C)C)C12NC(=O)[C@H](C)[C@@H]1OC2=O. The molecule has 0 saturated carbocycles. The van der Waals surface area contributed by atoms with Crippen LogP contribution >= 0.6 is 0 Å². The molecule has 2 heterocycles. The molecule has 4 atom stereocenters. The number of fused-ring (bicyclic) bond motifs is 1. The van der Waals surface area contributed by atoms with Crippen LogP contribution in [0.2, 0.25) is 0 Å². The second-order valence-corrected chi connectivity index (χ2v) is 5.09. The van der Waals surface area contributed by atoms with Crippen LogP contribution in [-0.4, -0.2) is 36.2 Å². The highest BCUT2D eigenvalue weighted by Crippen LogP contribution is 2.43. The Labute approximate surface area is 101 Å². The summed E-state index contributed by atoms with van der Waals surface area (Å²) in [6.07, 6.45) is -0.714. The monoisotopic (exact) mass is 241 g/mol. The molecule has 0 spiro atoms. The van der Waals surface area contributed by atoms with Crippen molar-refractivity contribution >= 4 is 11.9 Å². The van der Waals surface area contributed by atoms with Crippen LogP contribution in [0.3, 0.4) is 0 Å². The molecule has 2 saturated heterocycles. The first-order valence-electron chi connectivity index (χ1n) is 6.09. The number of esters is 1. The summed E-state index contributed by atoms with van der Waals surface area (Å²) in [5.41, 5.74) is -0.958. The highest BCUT2D eigenvalue weighted by molar-refractivity contribution is 5.99. The van der Waals surface area contributed by atoms with Crippen LogP contribution in [0.1, 0.15) is 27.7 Å². The molecule has 2 aliphatic heterocycles. The van der Waals surface area contributed by atoms with E-state index in [9.17, 15) is 9.59 Å². The first kappa shape index (κ1) is 12.4. The molecule has 1 unspecified atom stereocenters. The minimum Gasteiger partial charge on any atom is -0.456 e. The number of nitrogens with one attached hydrogen (secondary N) is 1. The number of amides is 1. The highest BCUT2D eigenvalue weighted by Gasteiger charge is 2.71. The zero-order valence-corrected chi connectivity index (χ0v) is 10.6. The zero-order chi connectivity index (χ0) is 12.8. The van der Waals surface area contributed by atoms with Gasteiger partial charge >= 0.3 is 5.97 Å². The van der Waals surface area contributed by atoms with Crippen molar-refractivity contribution in [2.45, 2.75) is 45.4 Å². The molecular formula is C12H19NO4. The third-order valence-electron chi connectivity index (χ3n) is 3.62. The van der Waals surface area contributed by atoms with Gasteiger partial charge in [0.1, 0.15) is 6.10 Å². The lowest BCUT2D eigenvalue weighted by molar-refractivity contribution is -0.211. The van der Waals surface area contributed by atoms with Gasteiger partial charge < -0.3 is 14.8 Å². The molecule has 0 aromatic rings. The molecule has 0 aromatic carbocycles. The van der Waals surface area contributed by atoms with Gasteiger partial charge in [0.15, 0.2) is 0 Å². The van der Waals surface area contributed by atoms with E-state index in [4.69, 9.17) is 9.47 Å².